The van der Waals surface area contributed by atoms with Gasteiger partial charge in [-0.1, -0.05) is 0 Å². The van der Waals surface area contributed by atoms with Crippen molar-refractivity contribution in [3.8, 4) is 6.07 Å². The molecule has 0 radical (unpaired) electrons. The summed E-state index contributed by atoms with van der Waals surface area (Å²) in [6, 6.07) is 4.21. The first kappa shape index (κ1) is 16.3. The molecule has 0 saturated heterocycles. The summed E-state index contributed by atoms with van der Waals surface area (Å²) in [6.45, 7) is 0. The third kappa shape index (κ3) is 2.96. The SMILES string of the molecule is CN(c1ncnc2[nH]ccc12)C1CC(NS(=O)(=O)[C@@H]2C[C@@H]2CC#N)C1. The Labute approximate surface area is 146 Å². The van der Waals surface area contributed by atoms with Crippen LogP contribution in [0.5, 0.6) is 0 Å². The molecule has 0 amide bonds. The summed E-state index contributed by atoms with van der Waals surface area (Å²) < 4.78 is 27.4. The highest BCUT2D eigenvalue weighted by atomic mass is 32.2. The van der Waals surface area contributed by atoms with Gasteiger partial charge in [0.2, 0.25) is 10.0 Å². The second-order valence-corrected chi connectivity index (χ2v) is 8.86. The number of nitrogens with one attached hydrogen (secondary N) is 2. The summed E-state index contributed by atoms with van der Waals surface area (Å²) in [6.07, 6.45) is 5.80. The number of fused-ring (bicyclic) bond motifs is 1. The van der Waals surface area contributed by atoms with Crippen LogP contribution in [0.4, 0.5) is 5.82 Å². The van der Waals surface area contributed by atoms with Crippen molar-refractivity contribution in [1.82, 2.24) is 19.7 Å². The topological polar surface area (TPSA) is 115 Å². The van der Waals surface area contributed by atoms with Gasteiger partial charge in [-0.05, 0) is 31.2 Å². The monoisotopic (exact) mass is 360 g/mol. The van der Waals surface area contributed by atoms with E-state index in [0.29, 0.717) is 12.8 Å². The minimum Gasteiger partial charge on any atom is -0.356 e. The molecule has 132 valence electrons. The van der Waals surface area contributed by atoms with Crippen molar-refractivity contribution < 1.29 is 8.42 Å². The lowest BCUT2D eigenvalue weighted by Gasteiger charge is -2.42. The van der Waals surface area contributed by atoms with Crippen molar-refractivity contribution in [2.45, 2.75) is 43.0 Å². The van der Waals surface area contributed by atoms with Crippen LogP contribution >= 0.6 is 0 Å². The normalized spacial score (nSPS) is 28.3. The highest BCUT2D eigenvalue weighted by Crippen LogP contribution is 2.40. The minimum absolute atomic E-state index is 0.00365. The molecule has 2 fully saturated rings. The maximum absolute atomic E-state index is 12.3. The third-order valence-corrected chi connectivity index (χ3v) is 7.30. The van der Waals surface area contributed by atoms with E-state index in [4.69, 9.17) is 5.26 Å². The van der Waals surface area contributed by atoms with Crippen LogP contribution in [0.3, 0.4) is 0 Å². The standard InChI is InChI=1S/C16H20N6O2S/c1-22(16-13-3-5-18-15(13)19-9-20-16)12-7-11(8-12)21-25(23,24)14-6-10(14)2-4-17/h3,5,9-12,14,21H,2,6-8H2,1H3,(H,18,19,20)/t10-,11?,12?,14+/m0/s1. The van der Waals surface area contributed by atoms with E-state index in [2.05, 4.69) is 30.6 Å². The van der Waals surface area contributed by atoms with Gasteiger partial charge < -0.3 is 9.88 Å². The second kappa shape index (κ2) is 5.97. The molecule has 25 heavy (non-hydrogen) atoms. The lowest BCUT2D eigenvalue weighted by Crippen LogP contribution is -2.53. The summed E-state index contributed by atoms with van der Waals surface area (Å²) in [5.41, 5.74) is 0.797. The molecular weight excluding hydrogens is 340 g/mol. The van der Waals surface area contributed by atoms with Gasteiger partial charge in [-0.3, -0.25) is 0 Å². The predicted octanol–water partition coefficient (Wildman–Crippen LogP) is 1.15. The van der Waals surface area contributed by atoms with Crippen molar-refractivity contribution in [1.29, 1.82) is 5.26 Å². The van der Waals surface area contributed by atoms with Crippen molar-refractivity contribution >= 4 is 26.9 Å². The number of rotatable bonds is 6. The van der Waals surface area contributed by atoms with Crippen LogP contribution in [0.15, 0.2) is 18.6 Å². The Morgan fingerprint density at radius 1 is 1.40 bits per heavy atom. The van der Waals surface area contributed by atoms with Crippen molar-refractivity contribution in [2.75, 3.05) is 11.9 Å². The smallest absolute Gasteiger partial charge is 0.215 e. The second-order valence-electron chi connectivity index (χ2n) is 6.93. The van der Waals surface area contributed by atoms with E-state index in [1.165, 1.54) is 6.33 Å². The average Bonchev–Trinajstić information content (AvgIpc) is 3.17. The largest absolute Gasteiger partial charge is 0.356 e. The van der Waals surface area contributed by atoms with Gasteiger partial charge in [-0.25, -0.2) is 23.1 Å². The van der Waals surface area contributed by atoms with Crippen molar-refractivity contribution in [3.05, 3.63) is 18.6 Å². The molecule has 2 heterocycles. The lowest BCUT2D eigenvalue weighted by molar-refractivity contribution is 0.316. The van der Waals surface area contributed by atoms with Gasteiger partial charge in [0.1, 0.15) is 17.8 Å². The van der Waals surface area contributed by atoms with Crippen molar-refractivity contribution in [3.63, 3.8) is 0 Å². The van der Waals surface area contributed by atoms with E-state index in [9.17, 15) is 8.42 Å². The lowest BCUT2D eigenvalue weighted by atomic mass is 9.86. The Morgan fingerprint density at radius 2 is 2.20 bits per heavy atom. The van der Waals surface area contributed by atoms with Gasteiger partial charge in [0.05, 0.1) is 16.7 Å². The minimum atomic E-state index is -3.31. The molecular formula is C16H20N6O2S. The Morgan fingerprint density at radius 3 is 2.96 bits per heavy atom. The zero-order valence-electron chi connectivity index (χ0n) is 13.9. The first-order chi connectivity index (χ1) is 12.0. The van der Waals surface area contributed by atoms with Crippen LogP contribution in [0.1, 0.15) is 25.7 Å². The summed E-state index contributed by atoms with van der Waals surface area (Å²) in [5, 5.41) is 9.26. The maximum Gasteiger partial charge on any atom is 0.215 e. The van der Waals surface area contributed by atoms with Crippen LogP contribution < -0.4 is 9.62 Å². The highest BCUT2D eigenvalue weighted by Gasteiger charge is 2.48. The number of H-pyrrole nitrogens is 1. The van der Waals surface area contributed by atoms with Gasteiger partial charge in [0, 0.05) is 31.7 Å². The highest BCUT2D eigenvalue weighted by molar-refractivity contribution is 7.90. The van der Waals surface area contributed by atoms with E-state index in [1.54, 1.807) is 0 Å². The van der Waals surface area contributed by atoms with Gasteiger partial charge in [0.15, 0.2) is 0 Å². The molecule has 2 N–H and O–H groups in total. The molecule has 9 heteroatoms. The Bertz CT molecular complexity index is 927. The zero-order chi connectivity index (χ0) is 17.6. The Hall–Kier alpha value is -2.18. The fourth-order valence-electron chi connectivity index (χ4n) is 3.56. The van der Waals surface area contributed by atoms with Crippen molar-refractivity contribution in [2.24, 2.45) is 5.92 Å². The molecule has 8 nitrogen and oxygen atoms in total. The molecule has 2 saturated carbocycles. The molecule has 0 aliphatic heterocycles. The molecule has 2 atom stereocenters. The van der Waals surface area contributed by atoms with Crippen LogP contribution in [0.2, 0.25) is 0 Å². The Balaban J connectivity index is 1.36. The summed E-state index contributed by atoms with van der Waals surface area (Å²) >= 11 is 0. The molecule has 0 spiro atoms. The molecule has 2 aromatic heterocycles. The first-order valence-corrected chi connectivity index (χ1v) is 9.93. The van der Waals surface area contributed by atoms with E-state index < -0.39 is 10.0 Å². The molecule has 0 unspecified atom stereocenters. The Kier molecular flexibility index (Phi) is 3.89. The van der Waals surface area contributed by atoms with Gasteiger partial charge in [-0.15, -0.1) is 0 Å². The third-order valence-electron chi connectivity index (χ3n) is 5.27. The van der Waals surface area contributed by atoms with E-state index >= 15 is 0 Å². The molecule has 0 bridgehead atoms. The summed E-state index contributed by atoms with van der Waals surface area (Å²) in [5.74, 6) is 0.859. The van der Waals surface area contributed by atoms with Crippen LogP contribution in [-0.2, 0) is 10.0 Å². The quantitative estimate of drug-likeness (QED) is 0.798. The first-order valence-electron chi connectivity index (χ1n) is 8.38. The number of nitrogens with zero attached hydrogens (tertiary/aromatic N) is 4. The molecule has 4 rings (SSSR count). The molecule has 0 aromatic carbocycles. The van der Waals surface area contributed by atoms with E-state index in [1.807, 2.05) is 19.3 Å². The number of aromatic amines is 1. The van der Waals surface area contributed by atoms with Gasteiger partial charge in [0.25, 0.3) is 0 Å². The number of hydrogen-bond donors (Lipinski definition) is 2. The van der Waals surface area contributed by atoms with Crippen LogP contribution in [0, 0.1) is 17.2 Å². The number of nitriles is 1. The number of aromatic nitrogens is 3. The van der Waals surface area contributed by atoms with Crippen LogP contribution in [-0.4, -0.2) is 47.8 Å². The molecule has 2 aliphatic rings. The maximum atomic E-state index is 12.3. The fraction of sp³-hybridized carbons (Fsp3) is 0.562. The summed E-state index contributed by atoms with van der Waals surface area (Å²) in [4.78, 5) is 13.7. The molecule has 2 aromatic rings. The van der Waals surface area contributed by atoms with Crippen LogP contribution in [0.25, 0.3) is 11.0 Å². The predicted molar refractivity (Wildman–Crippen MR) is 93.3 cm³/mol. The van der Waals surface area contributed by atoms with E-state index in [0.717, 1.165) is 29.7 Å². The van der Waals surface area contributed by atoms with E-state index in [-0.39, 0.29) is 23.3 Å². The molecule has 2 aliphatic carbocycles. The van der Waals surface area contributed by atoms with Gasteiger partial charge in [-0.2, -0.15) is 5.26 Å². The average molecular weight is 360 g/mol. The number of hydrogen-bond acceptors (Lipinski definition) is 6. The zero-order valence-corrected chi connectivity index (χ0v) is 14.7. The van der Waals surface area contributed by atoms with Gasteiger partial charge >= 0.3 is 0 Å². The number of sulfonamides is 1. The summed E-state index contributed by atoms with van der Waals surface area (Å²) in [7, 11) is -1.33. The fourth-order valence-corrected chi connectivity index (χ4v) is 5.50. The number of anilines is 1.